The first-order chi connectivity index (χ1) is 22.3. The average molecular weight is 642 g/mol. The van der Waals surface area contributed by atoms with E-state index in [-0.39, 0.29) is 23.9 Å². The Morgan fingerprint density at radius 2 is 1.93 bits per heavy atom. The first-order valence-corrected chi connectivity index (χ1v) is 14.7. The van der Waals surface area contributed by atoms with E-state index >= 15 is 4.39 Å². The molecule has 3 N–H and O–H groups in total. The third-order valence-corrected chi connectivity index (χ3v) is 8.02. The Bertz CT molecular complexity index is 1840. The van der Waals surface area contributed by atoms with Gasteiger partial charge in [0.15, 0.2) is 17.3 Å². The maximum Gasteiger partial charge on any atom is 0.323 e. The third-order valence-electron chi connectivity index (χ3n) is 7.72. The highest BCUT2D eigenvalue weighted by atomic mass is 35.5. The number of nitrogens with one attached hydrogen (secondary N) is 1. The van der Waals surface area contributed by atoms with Gasteiger partial charge < -0.3 is 24.4 Å². The number of methoxy groups -OCH3 is 1. The summed E-state index contributed by atoms with van der Waals surface area (Å²) in [6, 6.07) is 19.5. The standard InChI is InChI=1S/C35H29ClFN3O6/c1-39-23-12-20(16-38)11-21(13-23)19-45-32-15-33(28(36)14-22(32)17-40-29(18-41)35(42)43)46-30-10-9-25-24(5-3-6-26(25)30)27-7-4-8-31(44-2)34(27)37/h3-8,11-15,29-30,40-41H,9-10,17-19H2,2H3,(H,42,43)/t29-,30-/m0/s1. The molecule has 46 heavy (non-hydrogen) atoms. The number of hydrogen-bond donors (Lipinski definition) is 3. The van der Waals surface area contributed by atoms with Gasteiger partial charge in [-0.25, -0.2) is 9.24 Å². The lowest BCUT2D eigenvalue weighted by Crippen LogP contribution is -2.39. The zero-order chi connectivity index (χ0) is 32.8. The fourth-order valence-electron chi connectivity index (χ4n) is 5.47. The number of carboxylic acids is 1. The van der Waals surface area contributed by atoms with Gasteiger partial charge in [-0.3, -0.25) is 10.1 Å². The van der Waals surface area contributed by atoms with Crippen LogP contribution in [-0.4, -0.2) is 35.9 Å². The summed E-state index contributed by atoms with van der Waals surface area (Å²) in [4.78, 5) is 14.9. The number of halogens is 2. The Morgan fingerprint density at radius 1 is 1.15 bits per heavy atom. The molecule has 9 nitrogen and oxygen atoms in total. The minimum atomic E-state index is -1.22. The predicted molar refractivity (Wildman–Crippen MR) is 169 cm³/mol. The molecule has 1 aliphatic carbocycles. The van der Waals surface area contributed by atoms with Crippen LogP contribution in [0.25, 0.3) is 16.0 Å². The van der Waals surface area contributed by atoms with Gasteiger partial charge in [0.2, 0.25) is 0 Å². The fraction of sp³-hybridized carbons (Fsp3) is 0.229. The summed E-state index contributed by atoms with van der Waals surface area (Å²) in [6.45, 7) is 6.71. The van der Waals surface area contributed by atoms with Crippen LogP contribution in [0.2, 0.25) is 5.02 Å². The molecular weight excluding hydrogens is 613 g/mol. The SMILES string of the molecule is [C-]#[N+]c1cc(C#N)cc(COc2cc(O[C@H]3CCc4c(-c5cccc(OC)c5F)cccc43)c(Cl)cc2CN[C@@H](CO)C(=O)O)c1. The van der Waals surface area contributed by atoms with Gasteiger partial charge in [-0.05, 0) is 65.4 Å². The average Bonchev–Trinajstić information content (AvgIpc) is 3.48. The number of benzene rings is 4. The van der Waals surface area contributed by atoms with Crippen molar-refractivity contribution in [2.75, 3.05) is 13.7 Å². The van der Waals surface area contributed by atoms with Crippen LogP contribution in [0, 0.1) is 23.7 Å². The van der Waals surface area contributed by atoms with Gasteiger partial charge in [0, 0.05) is 29.3 Å². The van der Waals surface area contributed by atoms with Crippen LogP contribution in [0.3, 0.4) is 0 Å². The maximum absolute atomic E-state index is 15.2. The molecule has 0 saturated carbocycles. The minimum absolute atomic E-state index is 0.000122. The first-order valence-electron chi connectivity index (χ1n) is 14.3. The monoisotopic (exact) mass is 641 g/mol. The lowest BCUT2D eigenvalue weighted by atomic mass is 9.96. The van der Waals surface area contributed by atoms with Crippen molar-refractivity contribution in [1.82, 2.24) is 5.32 Å². The van der Waals surface area contributed by atoms with E-state index in [2.05, 4.69) is 10.2 Å². The topological polar surface area (TPSA) is 125 Å². The molecule has 4 aromatic carbocycles. The molecule has 0 radical (unpaired) electrons. The summed E-state index contributed by atoms with van der Waals surface area (Å²) in [7, 11) is 1.43. The van der Waals surface area contributed by atoms with Crippen molar-refractivity contribution in [3.05, 3.63) is 117 Å². The number of fused-ring (bicyclic) bond motifs is 1. The number of nitriles is 1. The first kappa shape index (κ1) is 32.3. The third kappa shape index (κ3) is 6.90. The van der Waals surface area contributed by atoms with Crippen molar-refractivity contribution in [3.8, 4) is 34.4 Å². The second kappa shape index (κ2) is 14.3. The van der Waals surface area contributed by atoms with E-state index in [1.54, 1.807) is 42.5 Å². The largest absolute Gasteiger partial charge is 0.494 e. The fourth-order valence-corrected chi connectivity index (χ4v) is 5.70. The number of carboxylic acid groups (broad SMARTS) is 1. The zero-order valence-corrected chi connectivity index (χ0v) is 25.5. The number of ether oxygens (including phenoxy) is 3. The molecular formula is C35H29ClFN3O6. The Kier molecular flexibility index (Phi) is 10.0. The lowest BCUT2D eigenvalue weighted by Gasteiger charge is -2.20. The van der Waals surface area contributed by atoms with Crippen molar-refractivity contribution in [2.24, 2.45) is 0 Å². The van der Waals surface area contributed by atoms with Crippen molar-refractivity contribution in [3.63, 3.8) is 0 Å². The van der Waals surface area contributed by atoms with Crippen molar-refractivity contribution in [1.29, 1.82) is 5.26 Å². The molecule has 0 fully saturated rings. The summed E-state index contributed by atoms with van der Waals surface area (Å²) in [5, 5.41) is 31.2. The zero-order valence-electron chi connectivity index (χ0n) is 24.7. The summed E-state index contributed by atoms with van der Waals surface area (Å²) in [5.41, 5.74) is 4.75. The molecule has 0 saturated heterocycles. The van der Waals surface area contributed by atoms with Crippen LogP contribution in [0.1, 0.15) is 40.3 Å². The van der Waals surface area contributed by atoms with Crippen LogP contribution < -0.4 is 19.5 Å². The van der Waals surface area contributed by atoms with E-state index in [0.29, 0.717) is 52.3 Å². The minimum Gasteiger partial charge on any atom is -0.494 e. The number of rotatable bonds is 12. The second-order valence-electron chi connectivity index (χ2n) is 10.6. The second-order valence-corrected chi connectivity index (χ2v) is 11.0. The van der Waals surface area contributed by atoms with Crippen molar-refractivity contribution < 1.29 is 33.6 Å². The van der Waals surface area contributed by atoms with E-state index in [0.717, 1.165) is 16.7 Å². The Morgan fingerprint density at radius 3 is 2.65 bits per heavy atom. The van der Waals surface area contributed by atoms with Crippen LogP contribution in [0.15, 0.2) is 66.7 Å². The molecule has 5 rings (SSSR count). The number of hydrogen-bond acceptors (Lipinski definition) is 7. The molecule has 0 aromatic heterocycles. The summed E-state index contributed by atoms with van der Waals surface area (Å²) < 4.78 is 32.9. The van der Waals surface area contributed by atoms with Gasteiger partial charge >= 0.3 is 5.97 Å². The molecule has 11 heteroatoms. The molecule has 0 heterocycles. The van der Waals surface area contributed by atoms with E-state index in [9.17, 15) is 20.3 Å². The molecule has 4 aromatic rings. The highest BCUT2D eigenvalue weighted by Gasteiger charge is 2.29. The Labute approximate surface area is 270 Å². The van der Waals surface area contributed by atoms with E-state index < -0.39 is 30.5 Å². The van der Waals surface area contributed by atoms with Crippen LogP contribution >= 0.6 is 11.6 Å². The van der Waals surface area contributed by atoms with Gasteiger partial charge in [-0.1, -0.05) is 41.9 Å². The van der Waals surface area contributed by atoms with Crippen molar-refractivity contribution in [2.45, 2.75) is 38.1 Å². The highest BCUT2D eigenvalue weighted by Crippen LogP contribution is 2.44. The van der Waals surface area contributed by atoms with Crippen LogP contribution in [0.5, 0.6) is 17.2 Å². The normalized spacial score (nSPS) is 14.1. The summed E-state index contributed by atoms with van der Waals surface area (Å²) in [5.74, 6) is -0.851. The smallest absolute Gasteiger partial charge is 0.323 e. The highest BCUT2D eigenvalue weighted by molar-refractivity contribution is 6.32. The van der Waals surface area contributed by atoms with E-state index in [4.69, 9.17) is 32.4 Å². The molecule has 0 bridgehead atoms. The summed E-state index contributed by atoms with van der Waals surface area (Å²) in [6.07, 6.45) is 0.870. The molecule has 0 spiro atoms. The molecule has 0 amide bonds. The maximum atomic E-state index is 15.2. The summed E-state index contributed by atoms with van der Waals surface area (Å²) >= 11 is 6.69. The van der Waals surface area contributed by atoms with Crippen LogP contribution in [0.4, 0.5) is 10.1 Å². The Hall–Kier alpha value is -5.13. The predicted octanol–water partition coefficient (Wildman–Crippen LogP) is 6.76. The number of carbonyl (C=O) groups is 1. The quantitative estimate of drug-likeness (QED) is 0.145. The Balaban J connectivity index is 1.45. The molecule has 2 atom stereocenters. The molecule has 1 aliphatic rings. The number of aliphatic hydroxyl groups is 1. The van der Waals surface area contributed by atoms with Crippen molar-refractivity contribution >= 4 is 23.3 Å². The number of nitrogens with zero attached hydrogens (tertiary/aromatic N) is 2. The number of aliphatic carboxylic acids is 1. The number of aliphatic hydroxyl groups excluding tert-OH is 1. The van der Waals surface area contributed by atoms with E-state index in [1.165, 1.54) is 13.2 Å². The van der Waals surface area contributed by atoms with Gasteiger partial charge in [-0.2, -0.15) is 5.26 Å². The van der Waals surface area contributed by atoms with Gasteiger partial charge in [0.25, 0.3) is 0 Å². The van der Waals surface area contributed by atoms with Gasteiger partial charge in [-0.15, -0.1) is 0 Å². The van der Waals surface area contributed by atoms with Gasteiger partial charge in [0.05, 0.1) is 31.4 Å². The molecule has 0 unspecified atom stereocenters. The van der Waals surface area contributed by atoms with Crippen LogP contribution in [-0.2, 0) is 24.4 Å². The molecule has 234 valence electrons. The lowest BCUT2D eigenvalue weighted by molar-refractivity contribution is -0.140. The molecule has 0 aliphatic heterocycles. The van der Waals surface area contributed by atoms with Gasteiger partial charge in [0.1, 0.15) is 30.3 Å². The van der Waals surface area contributed by atoms with E-state index in [1.807, 2.05) is 24.3 Å².